The zero-order valence-electron chi connectivity index (χ0n) is 10.8. The fraction of sp³-hybridized carbons (Fsp3) is 0.455. The topological polar surface area (TPSA) is 48.4 Å². The number of halogens is 7. The van der Waals surface area contributed by atoms with Gasteiger partial charge >= 0.3 is 18.5 Å². The molecule has 0 saturated heterocycles. The van der Waals surface area contributed by atoms with Crippen LogP contribution in [0.3, 0.4) is 0 Å². The minimum absolute atomic E-state index is 0.324. The molecule has 1 aromatic rings. The molecule has 0 bridgehead atoms. The minimum Gasteiger partial charge on any atom is -0.469 e. The fourth-order valence-electron chi connectivity index (χ4n) is 1.49. The highest BCUT2D eigenvalue weighted by Gasteiger charge is 2.39. The molecule has 0 saturated carbocycles. The number of rotatable bonds is 4. The van der Waals surface area contributed by atoms with Gasteiger partial charge in [-0.1, -0.05) is 15.9 Å². The van der Waals surface area contributed by atoms with Crippen LogP contribution in [0.5, 0.6) is 5.88 Å². The summed E-state index contributed by atoms with van der Waals surface area (Å²) in [7, 11) is 0.982. The third-order valence-electron chi connectivity index (χ3n) is 2.33. The second kappa shape index (κ2) is 6.71. The summed E-state index contributed by atoms with van der Waals surface area (Å²) < 4.78 is 83.0. The Kier molecular flexibility index (Phi) is 5.65. The van der Waals surface area contributed by atoms with Gasteiger partial charge in [-0.15, -0.1) is 13.2 Å². The van der Waals surface area contributed by atoms with Gasteiger partial charge in [-0.2, -0.15) is 13.2 Å². The molecule has 0 aliphatic carbocycles. The SMILES string of the molecule is COC(=O)Cc1cc(CBr)c(C(F)(F)F)nc1OC(F)(F)F. The van der Waals surface area contributed by atoms with E-state index in [0.29, 0.717) is 0 Å². The molecule has 1 rings (SSSR count). The van der Waals surface area contributed by atoms with Crippen molar-refractivity contribution in [3.63, 3.8) is 0 Å². The van der Waals surface area contributed by atoms with E-state index in [9.17, 15) is 31.1 Å². The van der Waals surface area contributed by atoms with Crippen LogP contribution in [-0.2, 0) is 27.5 Å². The maximum Gasteiger partial charge on any atom is 0.574 e. The summed E-state index contributed by atoms with van der Waals surface area (Å²) in [5, 5.41) is -0.324. The van der Waals surface area contributed by atoms with Gasteiger partial charge in [-0.05, 0) is 11.6 Å². The highest BCUT2D eigenvalue weighted by molar-refractivity contribution is 9.08. The lowest BCUT2D eigenvalue weighted by Crippen LogP contribution is -2.22. The van der Waals surface area contributed by atoms with Crippen LogP contribution in [0.2, 0.25) is 0 Å². The van der Waals surface area contributed by atoms with E-state index < -0.39 is 47.6 Å². The molecule has 0 atom stereocenters. The van der Waals surface area contributed by atoms with Gasteiger partial charge in [-0.25, -0.2) is 4.98 Å². The van der Waals surface area contributed by atoms with Crippen LogP contribution in [0.15, 0.2) is 6.07 Å². The average molecular weight is 396 g/mol. The van der Waals surface area contributed by atoms with Crippen LogP contribution in [-0.4, -0.2) is 24.4 Å². The minimum atomic E-state index is -5.25. The summed E-state index contributed by atoms with van der Waals surface area (Å²) >= 11 is 2.79. The van der Waals surface area contributed by atoms with Crippen molar-refractivity contribution in [3.05, 3.63) is 22.9 Å². The highest BCUT2D eigenvalue weighted by Crippen LogP contribution is 2.36. The first-order valence-electron chi connectivity index (χ1n) is 5.46. The number of carbonyl (C=O) groups is 1. The smallest absolute Gasteiger partial charge is 0.469 e. The van der Waals surface area contributed by atoms with Crippen LogP contribution < -0.4 is 4.74 Å². The molecule has 4 nitrogen and oxygen atoms in total. The van der Waals surface area contributed by atoms with Gasteiger partial charge in [0.2, 0.25) is 5.88 Å². The maximum atomic E-state index is 12.8. The lowest BCUT2D eigenvalue weighted by molar-refractivity contribution is -0.276. The van der Waals surface area contributed by atoms with Gasteiger partial charge in [0, 0.05) is 10.9 Å². The van der Waals surface area contributed by atoms with E-state index in [4.69, 9.17) is 0 Å². The van der Waals surface area contributed by atoms with Crippen LogP contribution in [0.25, 0.3) is 0 Å². The monoisotopic (exact) mass is 395 g/mol. The lowest BCUT2D eigenvalue weighted by atomic mass is 10.1. The van der Waals surface area contributed by atoms with E-state index in [0.717, 1.165) is 13.2 Å². The number of methoxy groups -OCH3 is 1. The fourth-order valence-corrected chi connectivity index (χ4v) is 1.91. The number of esters is 1. The Morgan fingerprint density at radius 2 is 1.82 bits per heavy atom. The van der Waals surface area contributed by atoms with Gasteiger partial charge in [0.15, 0.2) is 5.69 Å². The van der Waals surface area contributed by atoms with Gasteiger partial charge in [0.25, 0.3) is 0 Å². The molecule has 0 spiro atoms. The lowest BCUT2D eigenvalue weighted by Gasteiger charge is -2.17. The first kappa shape index (κ1) is 18.5. The third kappa shape index (κ3) is 5.04. The van der Waals surface area contributed by atoms with E-state index in [1.165, 1.54) is 0 Å². The summed E-state index contributed by atoms with van der Waals surface area (Å²) in [6, 6.07) is 0.766. The van der Waals surface area contributed by atoms with Crippen molar-refractivity contribution < 1.29 is 40.6 Å². The van der Waals surface area contributed by atoms with Crippen molar-refractivity contribution in [1.29, 1.82) is 0 Å². The van der Waals surface area contributed by atoms with Crippen molar-refractivity contribution in [2.45, 2.75) is 24.3 Å². The Bertz CT molecular complexity index is 558. The standard InChI is InChI=1S/C11H8BrF6NO3/c1-21-7(20)3-5-2-6(4-12)8(10(13,14)15)19-9(5)22-11(16,17)18/h2H,3-4H2,1H3. The Morgan fingerprint density at radius 1 is 1.23 bits per heavy atom. The zero-order valence-corrected chi connectivity index (χ0v) is 12.4. The molecule has 0 amide bonds. The second-order valence-electron chi connectivity index (χ2n) is 3.89. The normalized spacial score (nSPS) is 12.2. The Hall–Kier alpha value is -1.52. The summed E-state index contributed by atoms with van der Waals surface area (Å²) in [5.41, 5.74) is -2.43. The van der Waals surface area contributed by atoms with Crippen molar-refractivity contribution in [2.24, 2.45) is 0 Å². The zero-order chi connectivity index (χ0) is 17.1. The molecule has 0 aromatic carbocycles. The second-order valence-corrected chi connectivity index (χ2v) is 4.45. The summed E-state index contributed by atoms with van der Waals surface area (Å²) in [6.07, 6.45) is -10.9. The van der Waals surface area contributed by atoms with Gasteiger partial charge in [0.05, 0.1) is 13.5 Å². The quantitative estimate of drug-likeness (QED) is 0.444. The number of hydrogen-bond acceptors (Lipinski definition) is 4. The Morgan fingerprint density at radius 3 is 2.23 bits per heavy atom. The van der Waals surface area contributed by atoms with E-state index in [2.05, 4.69) is 30.4 Å². The summed E-state index contributed by atoms with van der Waals surface area (Å²) in [5.74, 6) is -2.29. The molecule has 0 radical (unpaired) electrons. The van der Waals surface area contributed by atoms with E-state index in [1.54, 1.807) is 0 Å². The van der Waals surface area contributed by atoms with E-state index in [-0.39, 0.29) is 5.33 Å². The van der Waals surface area contributed by atoms with Crippen LogP contribution >= 0.6 is 15.9 Å². The molecule has 0 unspecified atom stereocenters. The van der Waals surface area contributed by atoms with Gasteiger partial charge in [-0.3, -0.25) is 4.79 Å². The molecule has 0 aliphatic rings. The van der Waals surface area contributed by atoms with E-state index in [1.807, 2.05) is 0 Å². The van der Waals surface area contributed by atoms with Crippen molar-refractivity contribution in [3.8, 4) is 5.88 Å². The molecule has 0 fully saturated rings. The number of alkyl halides is 7. The molecule has 22 heavy (non-hydrogen) atoms. The first-order chi connectivity index (χ1) is 9.97. The van der Waals surface area contributed by atoms with Crippen molar-refractivity contribution >= 4 is 21.9 Å². The van der Waals surface area contributed by atoms with Crippen LogP contribution in [0.4, 0.5) is 26.3 Å². The summed E-state index contributed by atoms with van der Waals surface area (Å²) in [6.45, 7) is 0. The van der Waals surface area contributed by atoms with Crippen molar-refractivity contribution in [2.75, 3.05) is 7.11 Å². The van der Waals surface area contributed by atoms with Crippen molar-refractivity contribution in [1.82, 2.24) is 4.98 Å². The number of hydrogen-bond donors (Lipinski definition) is 0. The molecule has 1 heterocycles. The molecule has 11 heteroatoms. The van der Waals surface area contributed by atoms with Crippen LogP contribution in [0, 0.1) is 0 Å². The Balaban J connectivity index is 3.43. The number of aromatic nitrogens is 1. The largest absolute Gasteiger partial charge is 0.574 e. The van der Waals surface area contributed by atoms with Gasteiger partial charge in [0.1, 0.15) is 0 Å². The predicted molar refractivity (Wildman–Crippen MR) is 64.3 cm³/mol. The molecular weight excluding hydrogens is 388 g/mol. The molecule has 1 aromatic heterocycles. The average Bonchev–Trinajstić information content (AvgIpc) is 2.37. The van der Waals surface area contributed by atoms with E-state index >= 15 is 0 Å². The highest BCUT2D eigenvalue weighted by atomic mass is 79.9. The first-order valence-corrected chi connectivity index (χ1v) is 6.58. The summed E-state index contributed by atoms with van der Waals surface area (Å²) in [4.78, 5) is 14.0. The predicted octanol–water partition coefficient (Wildman–Crippen LogP) is 3.61. The molecule has 124 valence electrons. The van der Waals surface area contributed by atoms with Crippen LogP contribution in [0.1, 0.15) is 16.8 Å². The molecular formula is C11H8BrF6NO3. The Labute approximate surface area is 128 Å². The van der Waals surface area contributed by atoms with Gasteiger partial charge < -0.3 is 9.47 Å². The molecule has 0 N–H and O–H groups in total. The number of pyridine rings is 1. The number of ether oxygens (including phenoxy) is 2. The molecule has 0 aliphatic heterocycles. The maximum absolute atomic E-state index is 12.8. The number of carbonyl (C=O) groups excluding carboxylic acids is 1. The third-order valence-corrected chi connectivity index (χ3v) is 2.93. The number of nitrogens with zero attached hydrogens (tertiary/aromatic N) is 1.